The first-order valence-electron chi connectivity index (χ1n) is 6.35. The zero-order valence-electron chi connectivity index (χ0n) is 10.9. The third kappa shape index (κ3) is 2.96. The second kappa shape index (κ2) is 6.38. The number of hydrogen-bond donors (Lipinski definition) is 1. The molecule has 0 saturated carbocycles. The topological polar surface area (TPSA) is 55.8 Å². The van der Waals surface area contributed by atoms with E-state index in [2.05, 4.69) is 0 Å². The third-order valence-corrected chi connectivity index (χ3v) is 3.25. The van der Waals surface area contributed by atoms with Crippen LogP contribution in [0.15, 0.2) is 36.4 Å². The smallest absolute Gasteiger partial charge is 0.314 e. The van der Waals surface area contributed by atoms with Crippen LogP contribution < -0.4 is 4.74 Å². The maximum absolute atomic E-state index is 11.9. The van der Waals surface area contributed by atoms with Crippen LogP contribution in [0.25, 0.3) is 0 Å². The van der Waals surface area contributed by atoms with E-state index in [-0.39, 0.29) is 24.4 Å². The van der Waals surface area contributed by atoms with E-state index >= 15 is 0 Å². The average Bonchev–Trinajstić information content (AvgIpc) is 2.80. The summed E-state index contributed by atoms with van der Waals surface area (Å²) in [7, 11) is 1.59. The molecule has 1 aliphatic rings. The molecule has 4 heteroatoms. The van der Waals surface area contributed by atoms with Gasteiger partial charge in [0.1, 0.15) is 5.75 Å². The molecule has 1 aromatic carbocycles. The number of aliphatic hydroxyl groups excluding tert-OH is 1. The fourth-order valence-electron chi connectivity index (χ4n) is 2.33. The Balaban J connectivity index is 2.26. The van der Waals surface area contributed by atoms with Crippen molar-refractivity contribution in [1.82, 2.24) is 0 Å². The molecule has 0 amide bonds. The van der Waals surface area contributed by atoms with Gasteiger partial charge >= 0.3 is 5.97 Å². The molecule has 1 aliphatic heterocycles. The number of methoxy groups -OCH3 is 1. The monoisotopic (exact) mass is 262 g/mol. The predicted molar refractivity (Wildman–Crippen MR) is 71.0 cm³/mol. The summed E-state index contributed by atoms with van der Waals surface area (Å²) in [5.74, 6) is 0.150. The zero-order chi connectivity index (χ0) is 13.7. The highest BCUT2D eigenvalue weighted by molar-refractivity contribution is 5.81. The van der Waals surface area contributed by atoms with Gasteiger partial charge in [0.05, 0.1) is 19.6 Å². The molecule has 0 radical (unpaired) electrons. The van der Waals surface area contributed by atoms with Crippen LogP contribution in [0.2, 0.25) is 0 Å². The summed E-state index contributed by atoms with van der Waals surface area (Å²) in [6.45, 7) is 0.487. The van der Waals surface area contributed by atoms with Gasteiger partial charge in [-0.3, -0.25) is 4.79 Å². The fourth-order valence-corrected chi connectivity index (χ4v) is 2.33. The molecule has 1 N–H and O–H groups in total. The molecule has 0 bridgehead atoms. The lowest BCUT2D eigenvalue weighted by Gasteiger charge is -2.15. The first-order chi connectivity index (χ1) is 9.27. The lowest BCUT2D eigenvalue weighted by atomic mass is 9.87. The van der Waals surface area contributed by atoms with Crippen molar-refractivity contribution in [2.24, 2.45) is 5.92 Å². The minimum absolute atomic E-state index is 0.00431. The van der Waals surface area contributed by atoms with Gasteiger partial charge in [0.2, 0.25) is 0 Å². The number of ether oxygens (including phenoxy) is 2. The van der Waals surface area contributed by atoms with Gasteiger partial charge in [-0.15, -0.1) is 0 Å². The fraction of sp³-hybridized carbons (Fsp3) is 0.400. The van der Waals surface area contributed by atoms with Crippen molar-refractivity contribution in [3.05, 3.63) is 42.0 Å². The highest BCUT2D eigenvalue weighted by Gasteiger charge is 2.38. The summed E-state index contributed by atoms with van der Waals surface area (Å²) < 4.78 is 10.5. The van der Waals surface area contributed by atoms with E-state index in [1.54, 1.807) is 7.11 Å². The lowest BCUT2D eigenvalue weighted by Crippen LogP contribution is -2.13. The highest BCUT2D eigenvalue weighted by atomic mass is 16.5. The molecule has 0 spiro atoms. The SMILES string of the molecule is COc1ccccc1[C@H]1C(=O)OCC1/C=C\CCO. The van der Waals surface area contributed by atoms with Gasteiger partial charge in [-0.05, 0) is 12.5 Å². The number of cyclic esters (lactones) is 1. The van der Waals surface area contributed by atoms with Crippen LogP contribution in [0, 0.1) is 5.92 Å². The molecular weight excluding hydrogens is 244 g/mol. The Bertz CT molecular complexity index is 467. The Morgan fingerprint density at radius 3 is 3.00 bits per heavy atom. The van der Waals surface area contributed by atoms with E-state index in [1.807, 2.05) is 36.4 Å². The minimum atomic E-state index is -0.328. The summed E-state index contributed by atoms with van der Waals surface area (Å²) in [4.78, 5) is 11.9. The molecule has 1 saturated heterocycles. The number of carbonyl (C=O) groups excluding carboxylic acids is 1. The normalized spacial score (nSPS) is 22.7. The summed E-state index contributed by atoms with van der Waals surface area (Å²) >= 11 is 0. The number of para-hydroxylation sites is 1. The Labute approximate surface area is 112 Å². The number of hydrogen-bond acceptors (Lipinski definition) is 4. The standard InChI is InChI=1S/C15H18O4/c1-18-13-8-3-2-7-12(13)14-11(6-4-5-9-16)10-19-15(14)17/h2-4,6-8,11,14,16H,5,9-10H2,1H3/b6-4-/t11?,14-/m0/s1. The van der Waals surface area contributed by atoms with Crippen LogP contribution >= 0.6 is 0 Å². The van der Waals surface area contributed by atoms with Gasteiger partial charge < -0.3 is 14.6 Å². The van der Waals surface area contributed by atoms with E-state index in [9.17, 15) is 4.79 Å². The van der Waals surface area contributed by atoms with Crippen molar-refractivity contribution in [3.8, 4) is 5.75 Å². The predicted octanol–water partition coefficient (Wildman–Crippen LogP) is 1.89. The van der Waals surface area contributed by atoms with Gasteiger partial charge in [-0.25, -0.2) is 0 Å². The van der Waals surface area contributed by atoms with Crippen LogP contribution in [0.5, 0.6) is 5.75 Å². The lowest BCUT2D eigenvalue weighted by molar-refractivity contribution is -0.139. The summed E-state index contributed by atoms with van der Waals surface area (Å²) in [5.41, 5.74) is 0.853. The molecule has 2 rings (SSSR count). The number of rotatable bonds is 5. The molecule has 1 fully saturated rings. The molecule has 0 aromatic heterocycles. The van der Waals surface area contributed by atoms with Crippen molar-refractivity contribution >= 4 is 5.97 Å². The Hall–Kier alpha value is -1.81. The quantitative estimate of drug-likeness (QED) is 0.650. The Morgan fingerprint density at radius 2 is 2.26 bits per heavy atom. The summed E-state index contributed by atoms with van der Waals surface area (Å²) in [6, 6.07) is 7.50. The van der Waals surface area contributed by atoms with Crippen molar-refractivity contribution in [1.29, 1.82) is 0 Å². The van der Waals surface area contributed by atoms with Gasteiger partial charge in [0, 0.05) is 18.1 Å². The van der Waals surface area contributed by atoms with Gasteiger partial charge in [-0.2, -0.15) is 0 Å². The molecule has 0 aliphatic carbocycles. The van der Waals surface area contributed by atoms with Gasteiger partial charge in [0.25, 0.3) is 0 Å². The van der Waals surface area contributed by atoms with E-state index in [1.165, 1.54) is 0 Å². The van der Waals surface area contributed by atoms with Crippen LogP contribution in [0.4, 0.5) is 0 Å². The largest absolute Gasteiger partial charge is 0.496 e. The molecule has 4 nitrogen and oxygen atoms in total. The minimum Gasteiger partial charge on any atom is -0.496 e. The van der Waals surface area contributed by atoms with Crippen molar-refractivity contribution in [2.75, 3.05) is 20.3 Å². The van der Waals surface area contributed by atoms with Crippen LogP contribution in [-0.2, 0) is 9.53 Å². The highest BCUT2D eigenvalue weighted by Crippen LogP contribution is 2.37. The molecule has 1 unspecified atom stereocenters. The molecular formula is C15H18O4. The Morgan fingerprint density at radius 1 is 1.47 bits per heavy atom. The molecule has 102 valence electrons. The summed E-state index contributed by atoms with van der Waals surface area (Å²) in [5, 5.41) is 8.79. The molecule has 19 heavy (non-hydrogen) atoms. The number of carbonyl (C=O) groups is 1. The van der Waals surface area contributed by atoms with E-state index in [0.717, 1.165) is 5.56 Å². The maximum atomic E-state index is 11.9. The second-order valence-electron chi connectivity index (χ2n) is 4.45. The summed E-state index contributed by atoms with van der Waals surface area (Å²) in [6.07, 6.45) is 4.41. The van der Waals surface area contributed by atoms with Crippen molar-refractivity contribution in [3.63, 3.8) is 0 Å². The zero-order valence-corrected chi connectivity index (χ0v) is 10.9. The first-order valence-corrected chi connectivity index (χ1v) is 6.35. The van der Waals surface area contributed by atoms with E-state index in [4.69, 9.17) is 14.6 Å². The molecule has 1 heterocycles. The van der Waals surface area contributed by atoms with Crippen molar-refractivity contribution in [2.45, 2.75) is 12.3 Å². The van der Waals surface area contributed by atoms with Gasteiger partial charge in [-0.1, -0.05) is 30.4 Å². The molecule has 1 aromatic rings. The second-order valence-corrected chi connectivity index (χ2v) is 4.45. The number of aliphatic hydroxyl groups is 1. The van der Waals surface area contributed by atoms with Crippen LogP contribution in [-0.4, -0.2) is 31.4 Å². The third-order valence-electron chi connectivity index (χ3n) is 3.25. The van der Waals surface area contributed by atoms with Crippen LogP contribution in [0.3, 0.4) is 0 Å². The van der Waals surface area contributed by atoms with E-state index in [0.29, 0.717) is 18.8 Å². The van der Waals surface area contributed by atoms with E-state index < -0.39 is 0 Å². The molecule has 2 atom stereocenters. The van der Waals surface area contributed by atoms with Gasteiger partial charge in [0.15, 0.2) is 0 Å². The maximum Gasteiger partial charge on any atom is 0.314 e. The Kier molecular flexibility index (Phi) is 4.58. The van der Waals surface area contributed by atoms with Crippen molar-refractivity contribution < 1.29 is 19.4 Å². The number of esters is 1. The number of benzene rings is 1. The van der Waals surface area contributed by atoms with Crippen LogP contribution in [0.1, 0.15) is 17.9 Å². The average molecular weight is 262 g/mol. The first kappa shape index (κ1) is 13.6.